The molecule has 110 valence electrons. The highest BCUT2D eigenvalue weighted by Gasteiger charge is 2.32. The summed E-state index contributed by atoms with van der Waals surface area (Å²) in [5.41, 5.74) is 0. The van der Waals surface area contributed by atoms with Crippen LogP contribution < -0.4 is 5.32 Å². The quantitative estimate of drug-likeness (QED) is 0.661. The van der Waals surface area contributed by atoms with Gasteiger partial charge in [-0.05, 0) is 50.5 Å². The van der Waals surface area contributed by atoms with Crippen LogP contribution in [0.2, 0.25) is 0 Å². The van der Waals surface area contributed by atoms with Crippen LogP contribution in [0.15, 0.2) is 0 Å². The number of hydrogen-bond acceptors (Lipinski definition) is 3. The largest absolute Gasteiger partial charge is 0.341 e. The number of hydrogen-bond donors (Lipinski definition) is 1. The van der Waals surface area contributed by atoms with Crippen molar-refractivity contribution >= 4 is 17.7 Å². The second kappa shape index (κ2) is 8.15. The van der Waals surface area contributed by atoms with Gasteiger partial charge in [0.1, 0.15) is 0 Å². The molecule has 0 aromatic carbocycles. The fraction of sp³-hybridized carbons (Fsp3) is 0.933. The van der Waals surface area contributed by atoms with Crippen molar-refractivity contribution in [1.29, 1.82) is 0 Å². The molecule has 2 aliphatic rings. The van der Waals surface area contributed by atoms with Gasteiger partial charge in [0.2, 0.25) is 5.91 Å². The number of carbonyl (C=O) groups excluding carboxylic acids is 1. The van der Waals surface area contributed by atoms with Crippen LogP contribution in [-0.4, -0.2) is 48.0 Å². The molecule has 1 aliphatic heterocycles. The SMILES string of the molecule is CSCCCCCCN1CCCC(NC2CC2)C1=O. The molecule has 0 bridgehead atoms. The summed E-state index contributed by atoms with van der Waals surface area (Å²) >= 11 is 1.93. The average Bonchev–Trinajstić information content (AvgIpc) is 3.22. The minimum atomic E-state index is 0.123. The van der Waals surface area contributed by atoms with Crippen molar-refractivity contribution in [3.8, 4) is 0 Å². The van der Waals surface area contributed by atoms with Gasteiger partial charge in [0.15, 0.2) is 0 Å². The molecule has 3 nitrogen and oxygen atoms in total. The Kier molecular flexibility index (Phi) is 6.51. The fourth-order valence-corrected chi connectivity index (χ4v) is 3.25. The number of rotatable bonds is 9. The number of nitrogens with one attached hydrogen (secondary N) is 1. The molecule has 1 amide bonds. The van der Waals surface area contributed by atoms with E-state index in [2.05, 4.69) is 16.5 Å². The van der Waals surface area contributed by atoms with Gasteiger partial charge >= 0.3 is 0 Å². The van der Waals surface area contributed by atoms with E-state index in [0.717, 1.165) is 19.5 Å². The molecule has 1 aliphatic carbocycles. The van der Waals surface area contributed by atoms with E-state index in [1.54, 1.807) is 0 Å². The lowest BCUT2D eigenvalue weighted by Crippen LogP contribution is -2.51. The van der Waals surface area contributed by atoms with Crippen LogP contribution in [0.5, 0.6) is 0 Å². The van der Waals surface area contributed by atoms with E-state index < -0.39 is 0 Å². The van der Waals surface area contributed by atoms with E-state index in [4.69, 9.17) is 0 Å². The average molecular weight is 284 g/mol. The second-order valence-corrected chi connectivity index (χ2v) is 6.85. The number of carbonyl (C=O) groups is 1. The van der Waals surface area contributed by atoms with Gasteiger partial charge in [-0.1, -0.05) is 12.8 Å². The standard InChI is InChI=1S/C15H28N2OS/c1-19-12-5-3-2-4-10-17-11-6-7-14(15(17)18)16-13-8-9-13/h13-14,16H,2-12H2,1H3. The van der Waals surface area contributed by atoms with E-state index in [-0.39, 0.29) is 6.04 Å². The zero-order valence-electron chi connectivity index (χ0n) is 12.2. The predicted octanol–water partition coefficient (Wildman–Crippen LogP) is 2.65. The molecule has 1 saturated heterocycles. The third kappa shape index (κ3) is 5.35. The van der Waals surface area contributed by atoms with Crippen LogP contribution in [0.4, 0.5) is 0 Å². The smallest absolute Gasteiger partial charge is 0.239 e. The first-order valence-corrected chi connectivity index (χ1v) is 9.24. The van der Waals surface area contributed by atoms with Crippen molar-refractivity contribution in [2.75, 3.05) is 25.1 Å². The van der Waals surface area contributed by atoms with Crippen LogP contribution in [-0.2, 0) is 4.79 Å². The van der Waals surface area contributed by atoms with Gasteiger partial charge < -0.3 is 10.2 Å². The molecule has 1 N–H and O–H groups in total. The number of amides is 1. The summed E-state index contributed by atoms with van der Waals surface area (Å²) in [5, 5.41) is 3.50. The lowest BCUT2D eigenvalue weighted by atomic mass is 10.0. The van der Waals surface area contributed by atoms with Crippen molar-refractivity contribution in [2.45, 2.75) is 63.5 Å². The third-order valence-electron chi connectivity index (χ3n) is 4.07. The van der Waals surface area contributed by atoms with E-state index >= 15 is 0 Å². The van der Waals surface area contributed by atoms with Gasteiger partial charge in [-0.3, -0.25) is 4.79 Å². The Balaban J connectivity index is 1.60. The first kappa shape index (κ1) is 15.2. The summed E-state index contributed by atoms with van der Waals surface area (Å²) < 4.78 is 0. The van der Waals surface area contributed by atoms with E-state index in [1.165, 1.54) is 50.7 Å². The Labute approximate surface area is 121 Å². The first-order valence-electron chi connectivity index (χ1n) is 7.85. The fourth-order valence-electron chi connectivity index (χ4n) is 2.75. The first-order chi connectivity index (χ1) is 9.31. The van der Waals surface area contributed by atoms with E-state index in [1.807, 2.05) is 11.8 Å². The minimum Gasteiger partial charge on any atom is -0.341 e. The number of likely N-dealkylation sites (tertiary alicyclic amines) is 1. The number of nitrogens with zero attached hydrogens (tertiary/aromatic N) is 1. The minimum absolute atomic E-state index is 0.123. The highest BCUT2D eigenvalue weighted by molar-refractivity contribution is 7.98. The molecule has 2 fully saturated rings. The van der Waals surface area contributed by atoms with Gasteiger partial charge in [-0.15, -0.1) is 0 Å². The summed E-state index contributed by atoms with van der Waals surface area (Å²) in [5.74, 6) is 1.64. The lowest BCUT2D eigenvalue weighted by molar-refractivity contribution is -0.136. The molecule has 1 unspecified atom stereocenters. The van der Waals surface area contributed by atoms with Crippen molar-refractivity contribution in [2.24, 2.45) is 0 Å². The molecule has 0 radical (unpaired) electrons. The zero-order valence-corrected chi connectivity index (χ0v) is 13.0. The topological polar surface area (TPSA) is 32.3 Å². The Morgan fingerprint density at radius 2 is 2.00 bits per heavy atom. The summed E-state index contributed by atoms with van der Waals surface area (Å²) in [7, 11) is 0. The van der Waals surface area contributed by atoms with Crippen molar-refractivity contribution in [3.05, 3.63) is 0 Å². The molecular weight excluding hydrogens is 256 g/mol. The van der Waals surface area contributed by atoms with Gasteiger partial charge in [0.05, 0.1) is 6.04 Å². The molecule has 1 saturated carbocycles. The number of thioether (sulfide) groups is 1. The summed E-state index contributed by atoms with van der Waals surface area (Å²) in [6.07, 6.45) is 12.0. The van der Waals surface area contributed by atoms with Crippen LogP contribution in [0, 0.1) is 0 Å². The maximum atomic E-state index is 12.3. The van der Waals surface area contributed by atoms with Crippen LogP contribution in [0.1, 0.15) is 51.4 Å². The molecule has 1 atom stereocenters. The van der Waals surface area contributed by atoms with Gasteiger partial charge in [0, 0.05) is 19.1 Å². The third-order valence-corrected chi connectivity index (χ3v) is 4.77. The molecule has 0 spiro atoms. The van der Waals surface area contributed by atoms with E-state index in [0.29, 0.717) is 11.9 Å². The predicted molar refractivity (Wildman–Crippen MR) is 82.6 cm³/mol. The number of piperidine rings is 1. The molecule has 0 aromatic heterocycles. The summed E-state index contributed by atoms with van der Waals surface area (Å²) in [6.45, 7) is 1.95. The van der Waals surface area contributed by atoms with E-state index in [9.17, 15) is 4.79 Å². The van der Waals surface area contributed by atoms with Crippen LogP contribution in [0.25, 0.3) is 0 Å². The van der Waals surface area contributed by atoms with Crippen LogP contribution in [0.3, 0.4) is 0 Å². The Morgan fingerprint density at radius 1 is 1.21 bits per heavy atom. The highest BCUT2D eigenvalue weighted by atomic mass is 32.2. The van der Waals surface area contributed by atoms with Crippen molar-refractivity contribution in [1.82, 2.24) is 10.2 Å². The molecule has 19 heavy (non-hydrogen) atoms. The molecule has 2 rings (SSSR count). The maximum Gasteiger partial charge on any atom is 0.239 e. The normalized spacial score (nSPS) is 23.9. The van der Waals surface area contributed by atoms with Crippen LogP contribution >= 0.6 is 11.8 Å². The van der Waals surface area contributed by atoms with Gasteiger partial charge in [0.25, 0.3) is 0 Å². The number of unbranched alkanes of at least 4 members (excludes halogenated alkanes) is 3. The summed E-state index contributed by atoms with van der Waals surface area (Å²) in [4.78, 5) is 14.4. The monoisotopic (exact) mass is 284 g/mol. The van der Waals surface area contributed by atoms with Gasteiger partial charge in [-0.2, -0.15) is 11.8 Å². The zero-order chi connectivity index (χ0) is 13.5. The molecule has 1 heterocycles. The maximum absolute atomic E-state index is 12.3. The molecule has 0 aromatic rings. The van der Waals surface area contributed by atoms with Crippen molar-refractivity contribution < 1.29 is 4.79 Å². The van der Waals surface area contributed by atoms with Crippen molar-refractivity contribution in [3.63, 3.8) is 0 Å². The molecule has 4 heteroatoms. The highest BCUT2D eigenvalue weighted by Crippen LogP contribution is 2.22. The van der Waals surface area contributed by atoms with Gasteiger partial charge in [-0.25, -0.2) is 0 Å². The summed E-state index contributed by atoms with van der Waals surface area (Å²) in [6, 6.07) is 0.762. The Morgan fingerprint density at radius 3 is 2.74 bits per heavy atom. The molecular formula is C15H28N2OS. The Hall–Kier alpha value is -0.220. The Bertz CT molecular complexity index is 281. The lowest BCUT2D eigenvalue weighted by Gasteiger charge is -2.33. The second-order valence-electron chi connectivity index (χ2n) is 5.87.